The standard InChI is InChI=1S/C10H18N4O2/c1-5-16-9(15)8-6(2)13(4)10(11)14(12)7(8)3/h7,11H,5,12H2,1-4H3. The van der Waals surface area contributed by atoms with Crippen LogP contribution in [0.5, 0.6) is 0 Å². The van der Waals surface area contributed by atoms with Crippen LogP contribution in [0.2, 0.25) is 0 Å². The maximum atomic E-state index is 11.8. The molecular weight excluding hydrogens is 208 g/mol. The Hall–Kier alpha value is -1.56. The molecule has 3 N–H and O–H groups in total. The van der Waals surface area contributed by atoms with Gasteiger partial charge in [-0.15, -0.1) is 0 Å². The lowest BCUT2D eigenvalue weighted by molar-refractivity contribution is -0.139. The number of hydrazine groups is 1. The molecule has 0 spiro atoms. The van der Waals surface area contributed by atoms with Crippen LogP contribution in [0.4, 0.5) is 0 Å². The highest BCUT2D eigenvalue weighted by atomic mass is 16.5. The van der Waals surface area contributed by atoms with Gasteiger partial charge in [-0.05, 0) is 20.8 Å². The van der Waals surface area contributed by atoms with E-state index in [1.807, 2.05) is 0 Å². The lowest BCUT2D eigenvalue weighted by Crippen LogP contribution is -2.56. The minimum absolute atomic E-state index is 0.165. The second kappa shape index (κ2) is 4.52. The third-order valence-corrected chi connectivity index (χ3v) is 2.79. The number of nitrogens with zero attached hydrogens (tertiary/aromatic N) is 2. The van der Waals surface area contributed by atoms with Crippen molar-refractivity contribution in [3.63, 3.8) is 0 Å². The maximum Gasteiger partial charge on any atom is 0.337 e. The Morgan fingerprint density at radius 3 is 2.69 bits per heavy atom. The molecule has 1 atom stereocenters. The molecule has 0 fully saturated rings. The van der Waals surface area contributed by atoms with Crippen molar-refractivity contribution in [1.82, 2.24) is 9.91 Å². The van der Waals surface area contributed by atoms with E-state index >= 15 is 0 Å². The molecule has 1 unspecified atom stereocenters. The molecule has 0 aliphatic carbocycles. The molecule has 0 saturated heterocycles. The molecule has 0 aromatic heterocycles. The molecule has 90 valence electrons. The molecule has 6 heteroatoms. The minimum atomic E-state index is -0.373. The van der Waals surface area contributed by atoms with Crippen molar-refractivity contribution in [3.8, 4) is 0 Å². The van der Waals surface area contributed by atoms with Crippen LogP contribution >= 0.6 is 0 Å². The molecule has 1 rings (SSSR count). The van der Waals surface area contributed by atoms with Gasteiger partial charge in [-0.2, -0.15) is 0 Å². The second-order valence-electron chi connectivity index (χ2n) is 3.69. The van der Waals surface area contributed by atoms with Crippen molar-refractivity contribution < 1.29 is 9.53 Å². The highest BCUT2D eigenvalue weighted by molar-refractivity contribution is 5.94. The van der Waals surface area contributed by atoms with E-state index < -0.39 is 0 Å². The predicted octanol–water partition coefficient (Wildman–Crippen LogP) is 0.268. The Bertz CT molecular complexity index is 351. The van der Waals surface area contributed by atoms with E-state index in [-0.39, 0.29) is 18.0 Å². The van der Waals surface area contributed by atoms with Gasteiger partial charge in [0, 0.05) is 12.7 Å². The number of nitrogens with two attached hydrogens (primary N) is 1. The first-order valence-corrected chi connectivity index (χ1v) is 5.15. The molecule has 0 amide bonds. The fourth-order valence-electron chi connectivity index (χ4n) is 1.66. The number of carbonyl (C=O) groups excluding carboxylic acids is 1. The van der Waals surface area contributed by atoms with E-state index in [0.717, 1.165) is 0 Å². The number of nitrogens with one attached hydrogen (secondary N) is 1. The summed E-state index contributed by atoms with van der Waals surface area (Å²) in [5.41, 5.74) is 1.21. The van der Waals surface area contributed by atoms with Gasteiger partial charge < -0.3 is 9.64 Å². The summed E-state index contributed by atoms with van der Waals surface area (Å²) >= 11 is 0. The number of rotatable bonds is 2. The molecule has 0 saturated carbocycles. The van der Waals surface area contributed by atoms with Gasteiger partial charge in [0.25, 0.3) is 0 Å². The average molecular weight is 226 g/mol. The molecule has 1 aliphatic heterocycles. The molecule has 0 aromatic rings. The van der Waals surface area contributed by atoms with Gasteiger partial charge in [0.15, 0.2) is 0 Å². The van der Waals surface area contributed by atoms with Gasteiger partial charge in [-0.3, -0.25) is 10.4 Å². The van der Waals surface area contributed by atoms with Gasteiger partial charge in [-0.1, -0.05) is 0 Å². The normalized spacial score (nSPS) is 21.6. The summed E-state index contributed by atoms with van der Waals surface area (Å²) in [5, 5.41) is 8.98. The zero-order valence-electron chi connectivity index (χ0n) is 10.1. The largest absolute Gasteiger partial charge is 0.463 e. The van der Waals surface area contributed by atoms with Gasteiger partial charge >= 0.3 is 5.97 Å². The summed E-state index contributed by atoms with van der Waals surface area (Å²) in [4.78, 5) is 13.3. The highest BCUT2D eigenvalue weighted by Crippen LogP contribution is 2.23. The lowest BCUT2D eigenvalue weighted by atomic mass is 10.0. The Labute approximate surface area is 95.1 Å². The fourth-order valence-corrected chi connectivity index (χ4v) is 1.66. The number of allylic oxidation sites excluding steroid dienone is 1. The third-order valence-electron chi connectivity index (χ3n) is 2.79. The van der Waals surface area contributed by atoms with E-state index in [0.29, 0.717) is 17.9 Å². The average Bonchev–Trinajstić information content (AvgIpc) is 2.24. The van der Waals surface area contributed by atoms with Crippen LogP contribution in [0.15, 0.2) is 11.3 Å². The predicted molar refractivity (Wildman–Crippen MR) is 60.3 cm³/mol. The first kappa shape index (κ1) is 12.5. The number of ether oxygens (including phenoxy) is 1. The number of esters is 1. The summed E-state index contributed by atoms with van der Waals surface area (Å²) in [6.07, 6.45) is 0. The summed E-state index contributed by atoms with van der Waals surface area (Å²) in [6.45, 7) is 5.64. The fraction of sp³-hybridized carbons (Fsp3) is 0.600. The first-order chi connectivity index (χ1) is 7.41. The van der Waals surface area contributed by atoms with Crippen LogP contribution in [0.3, 0.4) is 0 Å². The van der Waals surface area contributed by atoms with E-state index in [2.05, 4.69) is 0 Å². The molecule has 0 aromatic carbocycles. The monoisotopic (exact) mass is 226 g/mol. The highest BCUT2D eigenvalue weighted by Gasteiger charge is 2.34. The summed E-state index contributed by atoms with van der Waals surface area (Å²) in [6, 6.07) is -0.345. The SMILES string of the molecule is CCOC(=O)C1=C(C)N(C)C(=N)N(N)C1C. The molecule has 6 nitrogen and oxygen atoms in total. The van der Waals surface area contributed by atoms with Crippen LogP contribution in [-0.4, -0.2) is 41.5 Å². The van der Waals surface area contributed by atoms with Crippen LogP contribution in [-0.2, 0) is 9.53 Å². The van der Waals surface area contributed by atoms with Gasteiger partial charge in [0.1, 0.15) is 0 Å². The Kier molecular flexibility index (Phi) is 3.54. The third kappa shape index (κ3) is 1.88. The first-order valence-electron chi connectivity index (χ1n) is 5.15. The molecule has 16 heavy (non-hydrogen) atoms. The topological polar surface area (TPSA) is 82.7 Å². The van der Waals surface area contributed by atoms with Crippen LogP contribution < -0.4 is 5.84 Å². The quantitative estimate of drug-likeness (QED) is 0.521. The smallest absolute Gasteiger partial charge is 0.337 e. The molecule has 1 heterocycles. The van der Waals surface area contributed by atoms with Crippen molar-refractivity contribution in [3.05, 3.63) is 11.3 Å². The molecule has 1 aliphatic rings. The number of hydrogen-bond acceptors (Lipinski definition) is 4. The zero-order valence-corrected chi connectivity index (χ0v) is 10.1. The second-order valence-corrected chi connectivity index (χ2v) is 3.69. The van der Waals surface area contributed by atoms with E-state index in [4.69, 9.17) is 16.0 Å². The zero-order chi connectivity index (χ0) is 12.5. The summed E-state index contributed by atoms with van der Waals surface area (Å²) in [5.74, 6) is 5.52. The van der Waals surface area contributed by atoms with Crippen molar-refractivity contribution in [1.29, 1.82) is 5.41 Å². The van der Waals surface area contributed by atoms with E-state index in [1.54, 1.807) is 32.7 Å². The maximum absolute atomic E-state index is 11.8. The summed E-state index contributed by atoms with van der Waals surface area (Å²) < 4.78 is 4.98. The summed E-state index contributed by atoms with van der Waals surface area (Å²) in [7, 11) is 1.70. The Morgan fingerprint density at radius 1 is 1.62 bits per heavy atom. The van der Waals surface area contributed by atoms with Crippen molar-refractivity contribution in [2.75, 3.05) is 13.7 Å². The lowest BCUT2D eigenvalue weighted by Gasteiger charge is -2.39. The number of guanidine groups is 1. The molecule has 0 radical (unpaired) electrons. The van der Waals surface area contributed by atoms with Crippen molar-refractivity contribution in [2.45, 2.75) is 26.8 Å². The Morgan fingerprint density at radius 2 is 2.19 bits per heavy atom. The van der Waals surface area contributed by atoms with Gasteiger partial charge in [0.2, 0.25) is 5.96 Å². The van der Waals surface area contributed by atoms with Crippen LogP contribution in [0.25, 0.3) is 0 Å². The van der Waals surface area contributed by atoms with E-state index in [1.165, 1.54) is 5.01 Å². The van der Waals surface area contributed by atoms with Crippen LogP contribution in [0, 0.1) is 5.41 Å². The van der Waals surface area contributed by atoms with E-state index in [9.17, 15) is 4.79 Å². The van der Waals surface area contributed by atoms with Gasteiger partial charge in [-0.25, -0.2) is 10.6 Å². The Balaban J connectivity index is 3.12. The minimum Gasteiger partial charge on any atom is -0.463 e. The van der Waals surface area contributed by atoms with Gasteiger partial charge in [0.05, 0.1) is 18.2 Å². The molecule has 0 bridgehead atoms. The van der Waals surface area contributed by atoms with Crippen molar-refractivity contribution in [2.24, 2.45) is 5.84 Å². The van der Waals surface area contributed by atoms with Crippen LogP contribution in [0.1, 0.15) is 20.8 Å². The number of hydrogen-bond donors (Lipinski definition) is 2. The number of carbonyl (C=O) groups is 1. The van der Waals surface area contributed by atoms with Crippen molar-refractivity contribution >= 4 is 11.9 Å². The molecular formula is C10H18N4O2.